The van der Waals surface area contributed by atoms with E-state index in [4.69, 9.17) is 9.84 Å². The van der Waals surface area contributed by atoms with E-state index in [1.165, 1.54) is 0 Å². The van der Waals surface area contributed by atoms with E-state index < -0.39 is 10.9 Å². The number of aromatic carboxylic acids is 1. The maximum absolute atomic E-state index is 11.0. The number of carboxylic acid groups (broad SMARTS) is 1. The maximum atomic E-state index is 11.0. The molecule has 0 aliphatic heterocycles. The Kier molecular flexibility index (Phi) is 6.04. The van der Waals surface area contributed by atoms with Crippen LogP contribution in [-0.4, -0.2) is 40.2 Å². The lowest BCUT2D eigenvalue weighted by Crippen LogP contribution is -2.31. The molecule has 2 N–H and O–H groups in total. The van der Waals surface area contributed by atoms with Crippen molar-refractivity contribution in [1.82, 2.24) is 4.98 Å². The molecule has 0 bridgehead atoms. The molecule has 1 rings (SSSR count). The zero-order valence-corrected chi connectivity index (χ0v) is 12.2. The number of rotatable bonds is 8. The summed E-state index contributed by atoms with van der Waals surface area (Å²) in [7, 11) is 0. The van der Waals surface area contributed by atoms with E-state index in [-0.39, 0.29) is 29.2 Å². The number of nitrogens with one attached hydrogen (secondary N) is 1. The Morgan fingerprint density at radius 3 is 2.67 bits per heavy atom. The summed E-state index contributed by atoms with van der Waals surface area (Å²) in [5.41, 5.74) is -0.510. The molecule has 0 aliphatic rings. The molecule has 8 nitrogen and oxygen atoms in total. The molecule has 1 atom stereocenters. The predicted molar refractivity (Wildman–Crippen MR) is 76.6 cm³/mol. The van der Waals surface area contributed by atoms with Crippen LogP contribution in [0.5, 0.6) is 0 Å². The van der Waals surface area contributed by atoms with Gasteiger partial charge in [-0.1, -0.05) is 13.8 Å². The minimum Gasteiger partial charge on any atom is -0.477 e. The number of hydrogen-bond donors (Lipinski definition) is 2. The first-order valence-electron chi connectivity index (χ1n) is 6.59. The Bertz CT molecular complexity index is 519. The highest BCUT2D eigenvalue weighted by Gasteiger charge is 2.22. The first-order chi connectivity index (χ1) is 9.86. The first kappa shape index (κ1) is 16.8. The van der Waals surface area contributed by atoms with Gasteiger partial charge in [0.25, 0.3) is 0 Å². The highest BCUT2D eigenvalue weighted by molar-refractivity contribution is 5.86. The first-order valence-corrected chi connectivity index (χ1v) is 6.59. The van der Waals surface area contributed by atoms with Gasteiger partial charge >= 0.3 is 11.7 Å². The van der Waals surface area contributed by atoms with Crippen LogP contribution in [0.1, 0.15) is 31.3 Å². The lowest BCUT2D eigenvalue weighted by atomic mass is 10.1. The van der Waals surface area contributed by atoms with Crippen molar-refractivity contribution in [2.45, 2.75) is 26.8 Å². The second-order valence-corrected chi connectivity index (χ2v) is 4.78. The molecule has 0 aliphatic carbocycles. The summed E-state index contributed by atoms with van der Waals surface area (Å²) >= 11 is 0. The molecule has 1 unspecified atom stereocenters. The van der Waals surface area contributed by atoms with Gasteiger partial charge in [-0.05, 0) is 18.9 Å². The van der Waals surface area contributed by atoms with E-state index in [1.807, 2.05) is 20.8 Å². The van der Waals surface area contributed by atoms with Gasteiger partial charge in [-0.2, -0.15) is 0 Å². The molecule has 8 heteroatoms. The number of ether oxygens (including phenoxy) is 1. The van der Waals surface area contributed by atoms with Gasteiger partial charge in [0.2, 0.25) is 5.82 Å². The average Bonchev–Trinajstić information content (AvgIpc) is 2.42. The van der Waals surface area contributed by atoms with Crippen LogP contribution in [0.4, 0.5) is 11.5 Å². The van der Waals surface area contributed by atoms with Crippen LogP contribution in [0.15, 0.2) is 12.1 Å². The third-order valence-electron chi connectivity index (χ3n) is 2.92. The third-order valence-corrected chi connectivity index (χ3v) is 2.92. The van der Waals surface area contributed by atoms with E-state index >= 15 is 0 Å². The van der Waals surface area contributed by atoms with Crippen molar-refractivity contribution in [2.75, 3.05) is 18.5 Å². The minimum absolute atomic E-state index is 0.0571. The molecular formula is C13H19N3O5. The molecule has 0 amide bonds. The second kappa shape index (κ2) is 7.53. The van der Waals surface area contributed by atoms with E-state index in [1.54, 1.807) is 0 Å². The lowest BCUT2D eigenvalue weighted by Gasteiger charge is -2.22. The molecule has 1 heterocycles. The fourth-order valence-electron chi connectivity index (χ4n) is 1.65. The fraction of sp³-hybridized carbons (Fsp3) is 0.538. The molecule has 0 fully saturated rings. The Hall–Kier alpha value is -2.22. The topological polar surface area (TPSA) is 115 Å². The fourth-order valence-corrected chi connectivity index (χ4v) is 1.65. The van der Waals surface area contributed by atoms with Gasteiger partial charge in [-0.25, -0.2) is 9.78 Å². The van der Waals surface area contributed by atoms with Crippen LogP contribution in [-0.2, 0) is 4.74 Å². The summed E-state index contributed by atoms with van der Waals surface area (Å²) in [5, 5.41) is 22.9. The zero-order valence-electron chi connectivity index (χ0n) is 12.2. The van der Waals surface area contributed by atoms with Gasteiger partial charge in [0.05, 0.1) is 17.6 Å². The van der Waals surface area contributed by atoms with Crippen LogP contribution in [0.3, 0.4) is 0 Å². The van der Waals surface area contributed by atoms with Gasteiger partial charge in [0, 0.05) is 12.7 Å². The zero-order chi connectivity index (χ0) is 16.0. The number of carbonyl (C=O) groups is 1. The largest absolute Gasteiger partial charge is 0.477 e. The van der Waals surface area contributed by atoms with Crippen molar-refractivity contribution in [3.63, 3.8) is 0 Å². The van der Waals surface area contributed by atoms with E-state index in [9.17, 15) is 14.9 Å². The quantitative estimate of drug-likeness (QED) is 0.558. The standard InChI is InChI=1S/C13H19N3O5/c1-4-21-7-10(8(2)3)15-12-11(16(19)20)6-5-9(14-12)13(17)18/h5-6,8,10H,4,7H2,1-3H3,(H,14,15)(H,17,18). The number of hydrogen-bond acceptors (Lipinski definition) is 6. The monoisotopic (exact) mass is 297 g/mol. The van der Waals surface area contributed by atoms with Crippen molar-refractivity contribution in [1.29, 1.82) is 0 Å². The molecule has 0 saturated heterocycles. The molecule has 1 aromatic heterocycles. The smallest absolute Gasteiger partial charge is 0.354 e. The van der Waals surface area contributed by atoms with Gasteiger partial charge in [0.15, 0.2) is 5.69 Å². The van der Waals surface area contributed by atoms with Crippen molar-refractivity contribution in [3.8, 4) is 0 Å². The van der Waals surface area contributed by atoms with Gasteiger partial charge in [-0.3, -0.25) is 10.1 Å². The molecule has 0 aromatic carbocycles. The number of aromatic nitrogens is 1. The van der Waals surface area contributed by atoms with Gasteiger partial charge in [0.1, 0.15) is 0 Å². The number of nitrogens with zero attached hydrogens (tertiary/aromatic N) is 2. The Morgan fingerprint density at radius 1 is 1.52 bits per heavy atom. The SMILES string of the molecule is CCOCC(Nc1nc(C(=O)O)ccc1[N+](=O)[O-])C(C)C. The molecule has 21 heavy (non-hydrogen) atoms. The van der Waals surface area contributed by atoms with Crippen LogP contribution in [0.25, 0.3) is 0 Å². The number of pyridine rings is 1. The number of carboxylic acids is 1. The highest BCUT2D eigenvalue weighted by Crippen LogP contribution is 2.24. The average molecular weight is 297 g/mol. The summed E-state index contributed by atoms with van der Waals surface area (Å²) in [6.07, 6.45) is 0. The highest BCUT2D eigenvalue weighted by atomic mass is 16.6. The molecule has 0 saturated carbocycles. The van der Waals surface area contributed by atoms with E-state index in [2.05, 4.69) is 10.3 Å². The van der Waals surface area contributed by atoms with Gasteiger partial charge in [-0.15, -0.1) is 0 Å². The maximum Gasteiger partial charge on any atom is 0.354 e. The Morgan fingerprint density at radius 2 is 2.19 bits per heavy atom. The molecule has 0 spiro atoms. The number of anilines is 1. The predicted octanol–water partition coefficient (Wildman–Crippen LogP) is 2.16. The molecule has 116 valence electrons. The van der Waals surface area contributed by atoms with E-state index in [0.717, 1.165) is 12.1 Å². The summed E-state index contributed by atoms with van der Waals surface area (Å²) in [6, 6.07) is 2.04. The summed E-state index contributed by atoms with van der Waals surface area (Å²) in [6.45, 7) is 6.59. The normalized spacial score (nSPS) is 12.2. The Balaban J connectivity index is 3.09. The molecule has 1 aromatic rings. The van der Waals surface area contributed by atoms with Crippen LogP contribution >= 0.6 is 0 Å². The Labute approximate surface area is 122 Å². The third kappa shape index (κ3) is 4.67. The van der Waals surface area contributed by atoms with Crippen molar-refractivity contribution >= 4 is 17.5 Å². The van der Waals surface area contributed by atoms with Crippen molar-refractivity contribution in [2.24, 2.45) is 5.92 Å². The minimum atomic E-state index is -1.24. The van der Waals surface area contributed by atoms with E-state index in [0.29, 0.717) is 13.2 Å². The lowest BCUT2D eigenvalue weighted by molar-refractivity contribution is -0.384. The molecular weight excluding hydrogens is 278 g/mol. The van der Waals surface area contributed by atoms with Crippen molar-refractivity contribution < 1.29 is 19.6 Å². The second-order valence-electron chi connectivity index (χ2n) is 4.78. The van der Waals surface area contributed by atoms with Crippen LogP contribution in [0.2, 0.25) is 0 Å². The summed E-state index contributed by atoms with van der Waals surface area (Å²) < 4.78 is 5.33. The summed E-state index contributed by atoms with van der Waals surface area (Å²) in [4.78, 5) is 25.2. The van der Waals surface area contributed by atoms with Crippen LogP contribution < -0.4 is 5.32 Å². The van der Waals surface area contributed by atoms with Gasteiger partial charge < -0.3 is 15.2 Å². The van der Waals surface area contributed by atoms with Crippen LogP contribution in [0, 0.1) is 16.0 Å². The number of nitro groups is 1. The van der Waals surface area contributed by atoms with Crippen molar-refractivity contribution in [3.05, 3.63) is 27.9 Å². The molecule has 0 radical (unpaired) electrons. The summed E-state index contributed by atoms with van der Waals surface area (Å²) in [5.74, 6) is -1.16.